The lowest BCUT2D eigenvalue weighted by molar-refractivity contribution is 0.113. The minimum Gasteiger partial charge on any atom is -0.379 e. The molecule has 0 saturated carbocycles. The third kappa shape index (κ3) is 3.77. The van der Waals surface area contributed by atoms with Crippen LogP contribution in [0.5, 0.6) is 0 Å². The zero-order chi connectivity index (χ0) is 24.0. The molecule has 2 amide bonds. The van der Waals surface area contributed by atoms with Gasteiger partial charge in [-0.1, -0.05) is 23.7 Å². The summed E-state index contributed by atoms with van der Waals surface area (Å²) in [5.74, 6) is 0. The van der Waals surface area contributed by atoms with Gasteiger partial charge in [0.2, 0.25) is 0 Å². The quantitative estimate of drug-likeness (QED) is 0.602. The smallest absolute Gasteiger partial charge is 0.314 e. The lowest BCUT2D eigenvalue weighted by Crippen LogP contribution is -2.51. The first-order chi connectivity index (χ1) is 16.3. The molecule has 1 aliphatic carbocycles. The van der Waals surface area contributed by atoms with Gasteiger partial charge in [0.15, 0.2) is 0 Å². The first-order valence-electron chi connectivity index (χ1n) is 11.2. The number of piperazine rings is 1. The molecule has 1 aliphatic heterocycles. The van der Waals surface area contributed by atoms with Gasteiger partial charge in [0.05, 0.1) is 30.0 Å². The Morgan fingerprint density at radius 3 is 2.68 bits per heavy atom. The Labute approximate surface area is 203 Å². The van der Waals surface area contributed by atoms with Crippen molar-refractivity contribution in [3.05, 3.63) is 82.2 Å². The number of hydrogen-bond acceptors (Lipinski definition) is 5. The number of primary amides is 1. The molecule has 3 aromatic rings. The number of aromatic nitrogens is 3. The number of carbonyl (C=O) groups excluding carboxylic acids is 1. The fraction of sp³-hybridized carbons (Fsp3) is 0.320. The maximum atomic E-state index is 11.9. The van der Waals surface area contributed by atoms with E-state index in [1.54, 1.807) is 30.5 Å². The number of carbonyl (C=O) groups is 1. The van der Waals surface area contributed by atoms with Gasteiger partial charge in [0.25, 0.3) is 0 Å². The number of amides is 2. The molecule has 1 aromatic carbocycles. The van der Waals surface area contributed by atoms with Gasteiger partial charge in [0.1, 0.15) is 5.60 Å². The molecule has 0 spiro atoms. The van der Waals surface area contributed by atoms with Crippen LogP contribution in [0.2, 0.25) is 5.02 Å². The molecule has 0 unspecified atom stereocenters. The number of urea groups is 1. The summed E-state index contributed by atoms with van der Waals surface area (Å²) in [5.41, 5.74) is 9.25. The van der Waals surface area contributed by atoms with Crippen molar-refractivity contribution in [2.45, 2.75) is 18.6 Å². The second-order valence-corrected chi connectivity index (χ2v) is 9.43. The predicted molar refractivity (Wildman–Crippen MR) is 131 cm³/mol. The van der Waals surface area contributed by atoms with Gasteiger partial charge < -0.3 is 20.3 Å². The lowest BCUT2D eigenvalue weighted by Gasteiger charge is -2.39. The molecular formula is C25H27ClN6O2. The van der Waals surface area contributed by atoms with E-state index in [1.165, 1.54) is 0 Å². The second kappa shape index (κ2) is 8.54. The molecule has 1 saturated heterocycles. The van der Waals surface area contributed by atoms with Crippen molar-refractivity contribution in [1.82, 2.24) is 24.3 Å². The molecule has 1 fully saturated rings. The SMILES string of the molecule is Cn1cncc1[C@](C)(O)C1=Cc2cccnc2[C@@H](N2CCN(C(N)=O)CC2)c2ccc(Cl)cc21. The zero-order valence-electron chi connectivity index (χ0n) is 19.1. The Morgan fingerprint density at radius 1 is 1.24 bits per heavy atom. The highest BCUT2D eigenvalue weighted by molar-refractivity contribution is 6.30. The summed E-state index contributed by atoms with van der Waals surface area (Å²) in [5, 5.41) is 12.5. The molecule has 34 heavy (non-hydrogen) atoms. The van der Waals surface area contributed by atoms with E-state index in [1.807, 2.05) is 48.0 Å². The summed E-state index contributed by atoms with van der Waals surface area (Å²) in [6.45, 7) is 4.18. The van der Waals surface area contributed by atoms with Gasteiger partial charge in [-0.15, -0.1) is 0 Å². The summed E-state index contributed by atoms with van der Waals surface area (Å²) in [4.78, 5) is 24.7. The minimum atomic E-state index is -1.34. The molecule has 0 bridgehead atoms. The van der Waals surface area contributed by atoms with E-state index in [2.05, 4.69) is 9.88 Å². The van der Waals surface area contributed by atoms with Gasteiger partial charge in [-0.2, -0.15) is 0 Å². The number of aliphatic hydroxyl groups is 1. The Balaban J connectivity index is 1.69. The van der Waals surface area contributed by atoms with Crippen LogP contribution >= 0.6 is 11.6 Å². The van der Waals surface area contributed by atoms with E-state index >= 15 is 0 Å². The summed E-state index contributed by atoms with van der Waals surface area (Å²) < 4.78 is 1.82. The number of pyridine rings is 1. The second-order valence-electron chi connectivity index (χ2n) is 8.99. The van der Waals surface area contributed by atoms with Crippen LogP contribution in [0.3, 0.4) is 0 Å². The third-order valence-corrected chi connectivity index (χ3v) is 7.10. The van der Waals surface area contributed by atoms with Crippen LogP contribution in [0, 0.1) is 0 Å². The van der Waals surface area contributed by atoms with Crippen molar-refractivity contribution in [3.8, 4) is 0 Å². The van der Waals surface area contributed by atoms with Gasteiger partial charge in [0, 0.05) is 44.4 Å². The van der Waals surface area contributed by atoms with E-state index in [0.717, 1.165) is 28.0 Å². The van der Waals surface area contributed by atoms with Crippen LogP contribution in [-0.4, -0.2) is 61.7 Å². The normalized spacial score (nSPS) is 20.1. The van der Waals surface area contributed by atoms with Gasteiger partial charge in [-0.25, -0.2) is 9.78 Å². The molecule has 5 rings (SSSR count). The van der Waals surface area contributed by atoms with E-state index in [-0.39, 0.29) is 6.04 Å². The van der Waals surface area contributed by atoms with Crippen molar-refractivity contribution in [2.75, 3.05) is 26.2 Å². The Bertz CT molecular complexity index is 1280. The van der Waals surface area contributed by atoms with E-state index in [4.69, 9.17) is 22.3 Å². The largest absolute Gasteiger partial charge is 0.379 e. The van der Waals surface area contributed by atoms with E-state index < -0.39 is 11.6 Å². The van der Waals surface area contributed by atoms with Crippen LogP contribution in [0.15, 0.2) is 49.1 Å². The van der Waals surface area contributed by atoms with E-state index in [0.29, 0.717) is 36.9 Å². The summed E-state index contributed by atoms with van der Waals surface area (Å²) >= 11 is 6.49. The van der Waals surface area contributed by atoms with Crippen molar-refractivity contribution in [2.24, 2.45) is 12.8 Å². The highest BCUT2D eigenvalue weighted by atomic mass is 35.5. The fourth-order valence-electron chi connectivity index (χ4n) is 5.10. The number of imidazole rings is 1. The minimum absolute atomic E-state index is 0.172. The molecule has 2 aromatic heterocycles. The van der Waals surface area contributed by atoms with Crippen molar-refractivity contribution in [3.63, 3.8) is 0 Å². The third-order valence-electron chi connectivity index (χ3n) is 6.86. The van der Waals surface area contributed by atoms with E-state index in [9.17, 15) is 9.90 Å². The standard InChI is InChI=1S/C25H27ClN6O2/c1-25(34,21-14-28-15-30(21)2)20-12-16-4-3-7-29-22(16)23(18-6-5-17(26)13-19(18)20)31-8-10-32(11-9-31)24(27)33/h3-7,12-15,23,34H,8-11H2,1-2H3,(H2,27,33)/t23-,25+/m0/s1. The topological polar surface area (TPSA) is 101 Å². The molecular weight excluding hydrogens is 452 g/mol. The van der Waals surface area contributed by atoms with Crippen molar-refractivity contribution < 1.29 is 9.90 Å². The summed E-state index contributed by atoms with van der Waals surface area (Å²) in [7, 11) is 1.86. The molecule has 3 heterocycles. The predicted octanol–water partition coefficient (Wildman–Crippen LogP) is 3.02. The van der Waals surface area contributed by atoms with Crippen LogP contribution < -0.4 is 5.73 Å². The average Bonchev–Trinajstić information content (AvgIpc) is 3.20. The molecule has 3 N–H and O–H groups in total. The number of benzene rings is 1. The highest BCUT2D eigenvalue weighted by Gasteiger charge is 2.39. The molecule has 9 heteroatoms. The van der Waals surface area contributed by atoms with Gasteiger partial charge in [-0.05, 0) is 53.5 Å². The maximum Gasteiger partial charge on any atom is 0.314 e. The number of hydrogen-bond donors (Lipinski definition) is 2. The van der Waals surface area contributed by atoms with Crippen LogP contribution in [0.1, 0.15) is 41.0 Å². The Hall–Kier alpha value is -3.20. The molecule has 2 aliphatic rings. The molecule has 8 nitrogen and oxygen atoms in total. The number of fused-ring (bicyclic) bond motifs is 2. The molecule has 0 radical (unpaired) electrons. The maximum absolute atomic E-state index is 11.9. The first-order valence-corrected chi connectivity index (χ1v) is 11.6. The first kappa shape index (κ1) is 22.6. The summed E-state index contributed by atoms with van der Waals surface area (Å²) in [6, 6.07) is 9.14. The zero-order valence-corrected chi connectivity index (χ0v) is 19.9. The van der Waals surface area contributed by atoms with Gasteiger partial charge >= 0.3 is 6.03 Å². The monoisotopic (exact) mass is 478 g/mol. The number of halogens is 1. The Kier molecular flexibility index (Phi) is 5.67. The number of nitrogens with two attached hydrogens (primary N) is 1. The Morgan fingerprint density at radius 2 is 2.00 bits per heavy atom. The molecule has 2 atom stereocenters. The summed E-state index contributed by atoms with van der Waals surface area (Å²) in [6.07, 6.45) is 7.15. The number of nitrogens with zero attached hydrogens (tertiary/aromatic N) is 5. The van der Waals surface area contributed by atoms with Crippen molar-refractivity contribution in [1.29, 1.82) is 0 Å². The highest BCUT2D eigenvalue weighted by Crippen LogP contribution is 2.46. The van der Waals surface area contributed by atoms with Crippen molar-refractivity contribution >= 4 is 29.3 Å². The van der Waals surface area contributed by atoms with Crippen LogP contribution in [-0.2, 0) is 12.6 Å². The van der Waals surface area contributed by atoms with Crippen LogP contribution in [0.25, 0.3) is 11.6 Å². The van der Waals surface area contributed by atoms with Crippen LogP contribution in [0.4, 0.5) is 4.79 Å². The lowest BCUT2D eigenvalue weighted by atomic mass is 9.84. The average molecular weight is 479 g/mol. The fourth-order valence-corrected chi connectivity index (χ4v) is 5.27. The number of rotatable bonds is 3. The van der Waals surface area contributed by atoms with Gasteiger partial charge in [-0.3, -0.25) is 9.88 Å². The molecule has 176 valence electrons. The number of aryl methyl sites for hydroxylation is 1.